The van der Waals surface area contributed by atoms with E-state index in [0.29, 0.717) is 0 Å². The van der Waals surface area contributed by atoms with Crippen LogP contribution in [0.4, 0.5) is 5.69 Å². The van der Waals surface area contributed by atoms with Crippen molar-refractivity contribution in [1.29, 1.82) is 0 Å². The molecule has 0 saturated heterocycles. The number of amides is 1. The summed E-state index contributed by atoms with van der Waals surface area (Å²) in [7, 11) is 0. The van der Waals surface area contributed by atoms with Gasteiger partial charge in [0.25, 0.3) is 5.56 Å². The maximum absolute atomic E-state index is 13.2. The van der Waals surface area contributed by atoms with Crippen molar-refractivity contribution in [2.75, 3.05) is 5.32 Å². The number of rotatable bonds is 5. The molecule has 1 aliphatic rings. The Morgan fingerprint density at radius 1 is 1.03 bits per heavy atom. The standard InChI is InChI=1S/C25H27N3O2/c1-3-18-11-7-10-16-22(18)26-24(29)17(2)28-25(30)21-15-9-8-14-20(21)23(27-28)19-12-5-4-6-13-19/h4-7,10-13,16-17H,3,8-9,14-15H2,1-2H3,(H,26,29)/t17-/m1/s1. The third kappa shape index (κ3) is 3.80. The molecule has 0 bridgehead atoms. The van der Waals surface area contributed by atoms with Crippen LogP contribution in [0.5, 0.6) is 0 Å². The van der Waals surface area contributed by atoms with Gasteiger partial charge >= 0.3 is 0 Å². The summed E-state index contributed by atoms with van der Waals surface area (Å²) in [5, 5.41) is 7.69. The van der Waals surface area contributed by atoms with E-state index in [1.807, 2.05) is 54.6 Å². The van der Waals surface area contributed by atoms with Gasteiger partial charge in [-0.1, -0.05) is 55.5 Å². The van der Waals surface area contributed by atoms with Crippen LogP contribution in [0, 0.1) is 0 Å². The second-order valence-electron chi connectivity index (χ2n) is 7.80. The monoisotopic (exact) mass is 401 g/mol. The number of aromatic nitrogens is 2. The van der Waals surface area contributed by atoms with Gasteiger partial charge in [0, 0.05) is 16.8 Å². The molecule has 30 heavy (non-hydrogen) atoms. The Labute approximate surface area is 176 Å². The fraction of sp³-hybridized carbons (Fsp3) is 0.320. The first-order chi connectivity index (χ1) is 14.6. The zero-order valence-corrected chi connectivity index (χ0v) is 17.5. The number of hydrogen-bond donors (Lipinski definition) is 1. The molecular weight excluding hydrogens is 374 g/mol. The van der Waals surface area contributed by atoms with Crippen molar-refractivity contribution in [1.82, 2.24) is 9.78 Å². The lowest BCUT2D eigenvalue weighted by atomic mass is 9.89. The number of aryl methyl sites for hydroxylation is 1. The molecule has 0 radical (unpaired) electrons. The molecule has 0 fully saturated rings. The summed E-state index contributed by atoms with van der Waals surface area (Å²) in [6, 6.07) is 17.0. The molecular formula is C25H27N3O2. The number of carbonyl (C=O) groups is 1. The van der Waals surface area contributed by atoms with Crippen molar-refractivity contribution in [3.8, 4) is 11.3 Å². The van der Waals surface area contributed by atoms with Gasteiger partial charge in [-0.15, -0.1) is 0 Å². The van der Waals surface area contributed by atoms with E-state index in [1.54, 1.807) is 6.92 Å². The summed E-state index contributed by atoms with van der Waals surface area (Å²) in [5.41, 5.74) is 5.35. The molecule has 2 aromatic carbocycles. The number of benzene rings is 2. The number of anilines is 1. The molecule has 5 heteroatoms. The molecule has 1 aliphatic carbocycles. The fourth-order valence-corrected chi connectivity index (χ4v) is 4.14. The Morgan fingerprint density at radius 2 is 1.70 bits per heavy atom. The summed E-state index contributed by atoms with van der Waals surface area (Å²) >= 11 is 0. The molecule has 0 spiro atoms. The Hall–Kier alpha value is -3.21. The highest BCUT2D eigenvalue weighted by molar-refractivity contribution is 5.94. The molecule has 4 rings (SSSR count). The van der Waals surface area contributed by atoms with Crippen molar-refractivity contribution in [2.24, 2.45) is 0 Å². The highest BCUT2D eigenvalue weighted by atomic mass is 16.2. The van der Waals surface area contributed by atoms with Gasteiger partial charge in [0.1, 0.15) is 6.04 Å². The first kappa shape index (κ1) is 20.1. The van der Waals surface area contributed by atoms with E-state index in [4.69, 9.17) is 5.10 Å². The summed E-state index contributed by atoms with van der Waals surface area (Å²) in [4.78, 5) is 26.3. The van der Waals surface area contributed by atoms with Crippen LogP contribution in [0.25, 0.3) is 11.3 Å². The molecule has 1 amide bonds. The highest BCUT2D eigenvalue weighted by Gasteiger charge is 2.25. The molecule has 3 aromatic rings. The second kappa shape index (κ2) is 8.66. The van der Waals surface area contributed by atoms with E-state index in [9.17, 15) is 9.59 Å². The minimum atomic E-state index is -0.711. The average molecular weight is 402 g/mol. The maximum Gasteiger partial charge on any atom is 0.271 e. The van der Waals surface area contributed by atoms with E-state index < -0.39 is 6.04 Å². The zero-order valence-electron chi connectivity index (χ0n) is 17.5. The van der Waals surface area contributed by atoms with Crippen molar-refractivity contribution in [2.45, 2.75) is 52.0 Å². The summed E-state index contributed by atoms with van der Waals surface area (Å²) in [6.07, 6.45) is 4.46. The normalized spacial score (nSPS) is 14.1. The number of para-hydroxylation sites is 1. The first-order valence-corrected chi connectivity index (χ1v) is 10.7. The van der Waals surface area contributed by atoms with Gasteiger partial charge in [-0.2, -0.15) is 5.10 Å². The Balaban J connectivity index is 1.75. The maximum atomic E-state index is 13.2. The topological polar surface area (TPSA) is 64.0 Å². The largest absolute Gasteiger partial charge is 0.324 e. The molecule has 1 N–H and O–H groups in total. The molecule has 0 aliphatic heterocycles. The predicted molar refractivity (Wildman–Crippen MR) is 120 cm³/mol. The summed E-state index contributed by atoms with van der Waals surface area (Å²) in [5.74, 6) is -0.236. The van der Waals surface area contributed by atoms with Crippen LogP contribution in [-0.4, -0.2) is 15.7 Å². The summed E-state index contributed by atoms with van der Waals surface area (Å²) < 4.78 is 1.37. The third-order valence-corrected chi connectivity index (χ3v) is 5.88. The predicted octanol–water partition coefficient (Wildman–Crippen LogP) is 4.55. The minimum absolute atomic E-state index is 0.143. The Kier molecular flexibility index (Phi) is 5.79. The van der Waals surface area contributed by atoms with Crippen LogP contribution >= 0.6 is 0 Å². The fourth-order valence-electron chi connectivity index (χ4n) is 4.14. The number of carbonyl (C=O) groups excluding carboxylic acids is 1. The Morgan fingerprint density at radius 3 is 2.43 bits per heavy atom. The quantitative estimate of drug-likeness (QED) is 0.682. The van der Waals surface area contributed by atoms with E-state index in [1.165, 1.54) is 4.68 Å². The van der Waals surface area contributed by atoms with E-state index in [2.05, 4.69) is 12.2 Å². The van der Waals surface area contributed by atoms with Crippen LogP contribution in [0.1, 0.15) is 49.4 Å². The van der Waals surface area contributed by atoms with Gasteiger partial charge in [0.05, 0.1) is 5.69 Å². The molecule has 0 saturated carbocycles. The molecule has 0 unspecified atom stereocenters. The van der Waals surface area contributed by atoms with Crippen molar-refractivity contribution in [3.63, 3.8) is 0 Å². The minimum Gasteiger partial charge on any atom is -0.324 e. The lowest BCUT2D eigenvalue weighted by Gasteiger charge is -2.23. The van der Waals surface area contributed by atoms with Gasteiger partial charge in [-0.3, -0.25) is 9.59 Å². The lowest BCUT2D eigenvalue weighted by Crippen LogP contribution is -2.37. The van der Waals surface area contributed by atoms with E-state index in [-0.39, 0.29) is 11.5 Å². The van der Waals surface area contributed by atoms with Crippen LogP contribution in [0.15, 0.2) is 59.4 Å². The van der Waals surface area contributed by atoms with Crippen LogP contribution in [0.2, 0.25) is 0 Å². The number of nitrogens with one attached hydrogen (secondary N) is 1. The average Bonchev–Trinajstić information content (AvgIpc) is 2.80. The van der Waals surface area contributed by atoms with Crippen molar-refractivity contribution in [3.05, 3.63) is 81.6 Å². The van der Waals surface area contributed by atoms with E-state index >= 15 is 0 Å². The van der Waals surface area contributed by atoms with Crippen molar-refractivity contribution < 1.29 is 4.79 Å². The SMILES string of the molecule is CCc1ccccc1NC(=O)[C@@H](C)n1nc(-c2ccccc2)c2c(c1=O)CCCC2. The number of nitrogens with zero attached hydrogens (tertiary/aromatic N) is 2. The van der Waals surface area contributed by atoms with E-state index in [0.717, 1.165) is 65.7 Å². The first-order valence-electron chi connectivity index (χ1n) is 10.7. The second-order valence-corrected chi connectivity index (χ2v) is 7.80. The zero-order chi connectivity index (χ0) is 21.1. The smallest absolute Gasteiger partial charge is 0.271 e. The van der Waals surface area contributed by atoms with Gasteiger partial charge in [-0.05, 0) is 56.2 Å². The molecule has 154 valence electrons. The number of fused-ring (bicyclic) bond motifs is 1. The van der Waals surface area contributed by atoms with Gasteiger partial charge in [0.15, 0.2) is 0 Å². The lowest BCUT2D eigenvalue weighted by molar-refractivity contribution is -0.119. The highest BCUT2D eigenvalue weighted by Crippen LogP contribution is 2.28. The molecule has 1 aromatic heterocycles. The summed E-state index contributed by atoms with van der Waals surface area (Å²) in [6.45, 7) is 3.79. The number of hydrogen-bond acceptors (Lipinski definition) is 3. The molecule has 1 atom stereocenters. The third-order valence-electron chi connectivity index (χ3n) is 5.88. The van der Waals surface area contributed by atoms with Gasteiger partial charge in [0.2, 0.25) is 5.91 Å². The Bertz CT molecular complexity index is 1120. The van der Waals surface area contributed by atoms with Crippen LogP contribution < -0.4 is 10.9 Å². The van der Waals surface area contributed by atoms with Gasteiger partial charge in [-0.25, -0.2) is 4.68 Å². The van der Waals surface area contributed by atoms with Crippen molar-refractivity contribution >= 4 is 11.6 Å². The molecule has 5 nitrogen and oxygen atoms in total. The van der Waals surface area contributed by atoms with Gasteiger partial charge < -0.3 is 5.32 Å². The molecule has 1 heterocycles. The van der Waals surface area contributed by atoms with Crippen LogP contribution in [0.3, 0.4) is 0 Å². The van der Waals surface area contributed by atoms with Crippen LogP contribution in [-0.2, 0) is 24.1 Å².